The van der Waals surface area contributed by atoms with Gasteiger partial charge in [0.15, 0.2) is 0 Å². The molecule has 5 aromatic carbocycles. The van der Waals surface area contributed by atoms with Gasteiger partial charge in [0.05, 0.1) is 5.56 Å². The van der Waals surface area contributed by atoms with Crippen LogP contribution >= 0.6 is 0 Å². The van der Waals surface area contributed by atoms with Gasteiger partial charge in [0.1, 0.15) is 11.5 Å². The Morgan fingerprint density at radius 2 is 1.17 bits per heavy atom. The number of fused-ring (bicyclic) bond motifs is 2. The second-order valence-electron chi connectivity index (χ2n) is 7.17. The molecule has 0 aliphatic heterocycles. The predicted octanol–water partition coefficient (Wildman–Crippen LogP) is 6.47. The molecule has 0 saturated heterocycles. The fourth-order valence-corrected chi connectivity index (χ4v) is 3.87. The molecule has 0 fully saturated rings. The minimum Gasteiger partial charge on any atom is -0.507 e. The lowest BCUT2D eigenvalue weighted by atomic mass is 9.90. The standard InChI is InChI=1S/C28H18O2/c29-25-17-16-20-10-4-6-12-23(20)26(25)27-24-13-7-5-11-21(24)18-22(28(27)30)15-14-19-8-2-1-3-9-19/h1-13,16-18,29-30H. The molecule has 0 radical (unpaired) electrons. The Morgan fingerprint density at radius 3 is 1.93 bits per heavy atom. The number of phenols is 2. The lowest BCUT2D eigenvalue weighted by Crippen LogP contribution is -1.90. The molecule has 0 aliphatic carbocycles. The Morgan fingerprint density at radius 1 is 0.533 bits per heavy atom. The van der Waals surface area contributed by atoms with Crippen molar-refractivity contribution in [3.63, 3.8) is 0 Å². The van der Waals surface area contributed by atoms with Crippen LogP contribution in [0.4, 0.5) is 0 Å². The van der Waals surface area contributed by atoms with Crippen molar-refractivity contribution in [3.8, 4) is 34.5 Å². The molecule has 0 atom stereocenters. The minimum atomic E-state index is 0.0729. The van der Waals surface area contributed by atoms with E-state index < -0.39 is 0 Å². The highest BCUT2D eigenvalue weighted by Crippen LogP contribution is 2.45. The molecule has 0 saturated carbocycles. The van der Waals surface area contributed by atoms with Crippen molar-refractivity contribution in [2.45, 2.75) is 0 Å². The summed E-state index contributed by atoms with van der Waals surface area (Å²) in [7, 11) is 0. The third kappa shape index (κ3) is 3.03. The summed E-state index contributed by atoms with van der Waals surface area (Å²) < 4.78 is 0. The molecule has 2 heteroatoms. The van der Waals surface area contributed by atoms with E-state index in [4.69, 9.17) is 0 Å². The molecule has 5 rings (SSSR count). The van der Waals surface area contributed by atoms with Crippen molar-refractivity contribution < 1.29 is 10.2 Å². The maximum Gasteiger partial charge on any atom is 0.139 e. The number of benzene rings is 5. The Kier molecular flexibility index (Phi) is 4.35. The fourth-order valence-electron chi connectivity index (χ4n) is 3.87. The summed E-state index contributed by atoms with van der Waals surface area (Å²) in [4.78, 5) is 0. The summed E-state index contributed by atoms with van der Waals surface area (Å²) in [6.07, 6.45) is 0. The van der Waals surface area contributed by atoms with Gasteiger partial charge < -0.3 is 10.2 Å². The van der Waals surface area contributed by atoms with Crippen molar-refractivity contribution >= 4 is 21.5 Å². The number of phenolic OH excluding ortho intramolecular Hbond substituents is 2. The third-order valence-corrected chi connectivity index (χ3v) is 5.29. The summed E-state index contributed by atoms with van der Waals surface area (Å²) >= 11 is 0. The first-order chi connectivity index (χ1) is 14.7. The van der Waals surface area contributed by atoms with Crippen LogP contribution in [-0.4, -0.2) is 10.2 Å². The highest BCUT2D eigenvalue weighted by atomic mass is 16.3. The lowest BCUT2D eigenvalue weighted by Gasteiger charge is -2.15. The van der Waals surface area contributed by atoms with Gasteiger partial charge in [0.25, 0.3) is 0 Å². The molecule has 0 bridgehead atoms. The molecule has 142 valence electrons. The molecule has 0 spiro atoms. The lowest BCUT2D eigenvalue weighted by molar-refractivity contribution is 0.469. The number of hydrogen-bond donors (Lipinski definition) is 2. The molecule has 30 heavy (non-hydrogen) atoms. The zero-order valence-corrected chi connectivity index (χ0v) is 16.1. The zero-order valence-electron chi connectivity index (χ0n) is 16.1. The maximum absolute atomic E-state index is 11.3. The number of rotatable bonds is 1. The predicted molar refractivity (Wildman–Crippen MR) is 123 cm³/mol. The van der Waals surface area contributed by atoms with Gasteiger partial charge in [-0.05, 0) is 45.8 Å². The summed E-state index contributed by atoms with van der Waals surface area (Å²) in [5, 5.41) is 25.8. The van der Waals surface area contributed by atoms with Gasteiger partial charge in [-0.25, -0.2) is 0 Å². The SMILES string of the molecule is Oc1ccc2ccccc2c1-c1c(O)c(C#Cc2ccccc2)cc2ccccc12. The Labute approximate surface area is 174 Å². The number of aromatic hydroxyl groups is 2. The van der Waals surface area contributed by atoms with Crippen molar-refractivity contribution in [1.29, 1.82) is 0 Å². The van der Waals surface area contributed by atoms with Gasteiger partial charge in [-0.1, -0.05) is 84.6 Å². The van der Waals surface area contributed by atoms with Crippen LogP contribution in [0, 0.1) is 11.8 Å². The van der Waals surface area contributed by atoms with Crippen molar-refractivity contribution in [1.82, 2.24) is 0 Å². The largest absolute Gasteiger partial charge is 0.507 e. The summed E-state index contributed by atoms with van der Waals surface area (Å²) in [6, 6.07) is 30.8. The molecule has 2 nitrogen and oxygen atoms in total. The molecule has 0 heterocycles. The minimum absolute atomic E-state index is 0.0729. The van der Waals surface area contributed by atoms with Gasteiger partial charge in [-0.3, -0.25) is 0 Å². The van der Waals surface area contributed by atoms with E-state index in [-0.39, 0.29) is 11.5 Å². The Bertz CT molecular complexity index is 1450. The van der Waals surface area contributed by atoms with Crippen LogP contribution < -0.4 is 0 Å². The smallest absolute Gasteiger partial charge is 0.139 e. The van der Waals surface area contributed by atoms with Crippen LogP contribution in [0.25, 0.3) is 32.7 Å². The molecule has 0 aromatic heterocycles. The second kappa shape index (κ2) is 7.31. The van der Waals surface area contributed by atoms with Gasteiger partial charge in [-0.2, -0.15) is 0 Å². The Balaban J connectivity index is 1.85. The van der Waals surface area contributed by atoms with E-state index in [1.807, 2.05) is 91.0 Å². The number of hydrogen-bond acceptors (Lipinski definition) is 2. The maximum atomic E-state index is 11.3. The molecule has 0 amide bonds. The first kappa shape index (κ1) is 17.8. The highest BCUT2D eigenvalue weighted by molar-refractivity contribution is 6.10. The summed E-state index contributed by atoms with van der Waals surface area (Å²) in [6.45, 7) is 0. The van der Waals surface area contributed by atoms with E-state index in [9.17, 15) is 10.2 Å². The topological polar surface area (TPSA) is 40.5 Å². The molecular weight excluding hydrogens is 368 g/mol. The molecule has 5 aromatic rings. The monoisotopic (exact) mass is 386 g/mol. The van der Waals surface area contributed by atoms with Crippen LogP contribution in [0.15, 0.2) is 97.1 Å². The van der Waals surface area contributed by atoms with Gasteiger partial charge in [0, 0.05) is 16.7 Å². The van der Waals surface area contributed by atoms with Crippen molar-refractivity contribution in [3.05, 3.63) is 108 Å². The van der Waals surface area contributed by atoms with Crippen LogP contribution in [0.2, 0.25) is 0 Å². The molecular formula is C28H18O2. The zero-order chi connectivity index (χ0) is 20.5. The van der Waals surface area contributed by atoms with E-state index in [0.717, 1.165) is 27.1 Å². The summed E-state index contributed by atoms with van der Waals surface area (Å²) in [5.74, 6) is 6.44. The van der Waals surface area contributed by atoms with E-state index in [1.54, 1.807) is 6.07 Å². The second-order valence-corrected chi connectivity index (χ2v) is 7.17. The molecule has 2 N–H and O–H groups in total. The average Bonchev–Trinajstić information content (AvgIpc) is 2.79. The van der Waals surface area contributed by atoms with Gasteiger partial charge in [0.2, 0.25) is 0 Å². The van der Waals surface area contributed by atoms with Crippen LogP contribution in [-0.2, 0) is 0 Å². The van der Waals surface area contributed by atoms with Gasteiger partial charge >= 0.3 is 0 Å². The van der Waals surface area contributed by atoms with E-state index in [1.165, 1.54) is 0 Å². The third-order valence-electron chi connectivity index (χ3n) is 5.29. The highest BCUT2D eigenvalue weighted by Gasteiger charge is 2.19. The normalized spacial score (nSPS) is 10.7. The van der Waals surface area contributed by atoms with E-state index in [2.05, 4.69) is 11.8 Å². The molecule has 0 aliphatic rings. The summed E-state index contributed by atoms with van der Waals surface area (Å²) in [5.41, 5.74) is 2.62. The van der Waals surface area contributed by atoms with Crippen LogP contribution in [0.1, 0.15) is 11.1 Å². The van der Waals surface area contributed by atoms with E-state index >= 15 is 0 Å². The van der Waals surface area contributed by atoms with Crippen molar-refractivity contribution in [2.75, 3.05) is 0 Å². The fraction of sp³-hybridized carbons (Fsp3) is 0. The van der Waals surface area contributed by atoms with Gasteiger partial charge in [-0.15, -0.1) is 0 Å². The average molecular weight is 386 g/mol. The first-order valence-electron chi connectivity index (χ1n) is 9.75. The Hall–Kier alpha value is -4.22. The van der Waals surface area contributed by atoms with E-state index in [0.29, 0.717) is 16.7 Å². The molecule has 0 unspecified atom stereocenters. The van der Waals surface area contributed by atoms with Crippen molar-refractivity contribution in [2.24, 2.45) is 0 Å². The van der Waals surface area contributed by atoms with Crippen LogP contribution in [0.5, 0.6) is 11.5 Å². The first-order valence-corrected chi connectivity index (χ1v) is 9.75. The quantitative estimate of drug-likeness (QED) is 0.324. The van der Waals surface area contributed by atoms with Crippen LogP contribution in [0.3, 0.4) is 0 Å².